The zero-order chi connectivity index (χ0) is 22.2. The lowest BCUT2D eigenvalue weighted by Crippen LogP contribution is -2.31. The molecular weight excluding hydrogens is 408 g/mol. The first kappa shape index (κ1) is 20.1. The number of hydrogen-bond acceptors (Lipinski definition) is 7. The first-order valence-corrected chi connectivity index (χ1v) is 10.5. The van der Waals surface area contributed by atoms with Crippen molar-refractivity contribution in [3.05, 3.63) is 59.3 Å². The third-order valence-corrected chi connectivity index (χ3v) is 5.91. The fourth-order valence-electron chi connectivity index (χ4n) is 4.31. The zero-order valence-corrected chi connectivity index (χ0v) is 18.2. The van der Waals surface area contributed by atoms with Gasteiger partial charge in [0.15, 0.2) is 11.6 Å². The predicted octanol–water partition coefficient (Wildman–Crippen LogP) is 3.99. The highest BCUT2D eigenvalue weighted by Crippen LogP contribution is 2.41. The Kier molecular flexibility index (Phi) is 5.05. The number of Topliss-reactive ketones (excluding diaryl/α,β-unsaturated/α-hetero) is 1. The molecule has 0 radical (unpaired) electrons. The molecule has 1 unspecified atom stereocenters. The van der Waals surface area contributed by atoms with Gasteiger partial charge in [0.25, 0.3) is 0 Å². The van der Waals surface area contributed by atoms with Crippen LogP contribution in [-0.2, 0) is 4.79 Å². The van der Waals surface area contributed by atoms with Crippen LogP contribution in [0, 0.1) is 0 Å². The summed E-state index contributed by atoms with van der Waals surface area (Å²) in [6.07, 6.45) is 2.17. The SMILES string of the molecule is COc1ccc(C2C3=C(CCCC3=O)Nc3nc(-c4cc(OC)cc(OC)c4)nn32)cc1. The molecule has 0 fully saturated rings. The summed E-state index contributed by atoms with van der Waals surface area (Å²) in [6, 6.07) is 12.9. The van der Waals surface area contributed by atoms with Crippen LogP contribution in [0.5, 0.6) is 17.2 Å². The second-order valence-corrected chi connectivity index (χ2v) is 7.77. The average Bonchev–Trinajstić information content (AvgIpc) is 3.26. The number of anilines is 1. The van der Waals surface area contributed by atoms with E-state index in [-0.39, 0.29) is 11.8 Å². The molecule has 1 aliphatic heterocycles. The molecule has 0 saturated carbocycles. The van der Waals surface area contributed by atoms with Crippen molar-refractivity contribution >= 4 is 11.7 Å². The van der Waals surface area contributed by atoms with Crippen LogP contribution in [0.2, 0.25) is 0 Å². The number of carbonyl (C=O) groups excluding carboxylic acids is 1. The van der Waals surface area contributed by atoms with Gasteiger partial charge in [-0.25, -0.2) is 4.68 Å². The minimum absolute atomic E-state index is 0.144. The standard InChI is InChI=1S/C24H24N4O4/c1-30-16-9-7-14(8-10-16)22-21-19(5-4-6-20(21)29)25-24-26-23(27-28(22)24)15-11-17(31-2)13-18(12-15)32-3/h7-13,22H,4-6H2,1-3H3,(H,25,26,27). The van der Waals surface area contributed by atoms with Crippen molar-refractivity contribution < 1.29 is 19.0 Å². The van der Waals surface area contributed by atoms with Gasteiger partial charge in [-0.05, 0) is 42.7 Å². The lowest BCUT2D eigenvalue weighted by Gasteiger charge is -2.32. The summed E-state index contributed by atoms with van der Waals surface area (Å²) in [7, 11) is 4.85. The number of carbonyl (C=O) groups is 1. The van der Waals surface area contributed by atoms with E-state index in [1.807, 2.05) is 36.4 Å². The molecule has 1 atom stereocenters. The number of rotatable bonds is 5. The van der Waals surface area contributed by atoms with Gasteiger partial charge in [-0.2, -0.15) is 4.98 Å². The van der Waals surface area contributed by atoms with Crippen molar-refractivity contribution in [3.63, 3.8) is 0 Å². The Morgan fingerprint density at radius 2 is 1.62 bits per heavy atom. The van der Waals surface area contributed by atoms with Crippen LogP contribution in [-0.4, -0.2) is 41.9 Å². The number of fused-ring (bicyclic) bond motifs is 1. The Hall–Kier alpha value is -3.81. The van der Waals surface area contributed by atoms with Crippen molar-refractivity contribution in [2.45, 2.75) is 25.3 Å². The number of aromatic nitrogens is 3. The minimum Gasteiger partial charge on any atom is -0.497 e. The maximum absolute atomic E-state index is 13.0. The summed E-state index contributed by atoms with van der Waals surface area (Å²) in [5.74, 6) is 3.34. The third kappa shape index (κ3) is 3.37. The highest BCUT2D eigenvalue weighted by atomic mass is 16.5. The smallest absolute Gasteiger partial charge is 0.226 e. The highest BCUT2D eigenvalue weighted by molar-refractivity contribution is 5.99. The fraction of sp³-hybridized carbons (Fsp3) is 0.292. The van der Waals surface area contributed by atoms with Gasteiger partial charge in [0.1, 0.15) is 23.3 Å². The van der Waals surface area contributed by atoms with E-state index >= 15 is 0 Å². The van der Waals surface area contributed by atoms with E-state index in [1.165, 1.54) is 0 Å². The van der Waals surface area contributed by atoms with Crippen LogP contribution in [0.3, 0.4) is 0 Å². The second-order valence-electron chi connectivity index (χ2n) is 7.77. The molecule has 32 heavy (non-hydrogen) atoms. The van der Waals surface area contributed by atoms with E-state index < -0.39 is 0 Å². The first-order valence-electron chi connectivity index (χ1n) is 10.5. The molecule has 0 amide bonds. The average molecular weight is 432 g/mol. The van der Waals surface area contributed by atoms with Gasteiger partial charge in [-0.3, -0.25) is 4.79 Å². The topological polar surface area (TPSA) is 87.5 Å². The number of benzene rings is 2. The van der Waals surface area contributed by atoms with Crippen molar-refractivity contribution in [2.75, 3.05) is 26.6 Å². The lowest BCUT2D eigenvalue weighted by molar-refractivity contribution is -0.116. The molecule has 0 bridgehead atoms. The molecule has 3 aromatic rings. The maximum atomic E-state index is 13.0. The number of allylic oxidation sites excluding steroid dienone is 2. The summed E-state index contributed by atoms with van der Waals surface area (Å²) in [4.78, 5) is 17.7. The Morgan fingerprint density at radius 3 is 2.28 bits per heavy atom. The summed E-state index contributed by atoms with van der Waals surface area (Å²) in [5.41, 5.74) is 3.41. The zero-order valence-electron chi connectivity index (χ0n) is 18.2. The second kappa shape index (κ2) is 8.03. The summed E-state index contributed by atoms with van der Waals surface area (Å²) in [5, 5.41) is 8.17. The summed E-state index contributed by atoms with van der Waals surface area (Å²) < 4.78 is 17.9. The normalized spacial score (nSPS) is 17.3. The van der Waals surface area contributed by atoms with Gasteiger partial charge in [0.05, 0.1) is 21.3 Å². The minimum atomic E-state index is -0.353. The molecule has 2 aromatic carbocycles. The Morgan fingerprint density at radius 1 is 0.938 bits per heavy atom. The van der Waals surface area contributed by atoms with Crippen LogP contribution in [0.25, 0.3) is 11.4 Å². The molecule has 0 spiro atoms. The Labute approximate surface area is 185 Å². The summed E-state index contributed by atoms with van der Waals surface area (Å²) in [6.45, 7) is 0. The lowest BCUT2D eigenvalue weighted by atomic mass is 9.85. The molecule has 1 aromatic heterocycles. The van der Waals surface area contributed by atoms with Gasteiger partial charge in [0, 0.05) is 29.3 Å². The number of ether oxygens (including phenoxy) is 3. The quantitative estimate of drug-likeness (QED) is 0.652. The molecule has 164 valence electrons. The fourth-order valence-corrected chi connectivity index (χ4v) is 4.31. The van der Waals surface area contributed by atoms with Crippen LogP contribution in [0.1, 0.15) is 30.9 Å². The monoisotopic (exact) mass is 432 g/mol. The van der Waals surface area contributed by atoms with Crippen LogP contribution in [0.4, 0.5) is 5.95 Å². The van der Waals surface area contributed by atoms with Gasteiger partial charge in [-0.15, -0.1) is 5.10 Å². The maximum Gasteiger partial charge on any atom is 0.226 e. The first-order chi connectivity index (χ1) is 15.6. The van der Waals surface area contributed by atoms with Crippen LogP contribution >= 0.6 is 0 Å². The van der Waals surface area contributed by atoms with Gasteiger partial charge in [0.2, 0.25) is 5.95 Å². The predicted molar refractivity (Wildman–Crippen MR) is 119 cm³/mol. The van der Waals surface area contributed by atoms with E-state index in [0.717, 1.165) is 41.0 Å². The van der Waals surface area contributed by atoms with Gasteiger partial charge >= 0.3 is 0 Å². The summed E-state index contributed by atoms with van der Waals surface area (Å²) >= 11 is 0. The van der Waals surface area contributed by atoms with Crippen molar-refractivity contribution in [1.29, 1.82) is 0 Å². The number of nitrogens with zero attached hydrogens (tertiary/aromatic N) is 3. The van der Waals surface area contributed by atoms with E-state index in [2.05, 4.69) is 5.32 Å². The van der Waals surface area contributed by atoms with Crippen LogP contribution in [0.15, 0.2) is 53.7 Å². The van der Waals surface area contributed by atoms with E-state index in [0.29, 0.717) is 29.7 Å². The van der Waals surface area contributed by atoms with Crippen molar-refractivity contribution in [1.82, 2.24) is 14.8 Å². The number of methoxy groups -OCH3 is 3. The van der Waals surface area contributed by atoms with Gasteiger partial charge in [-0.1, -0.05) is 12.1 Å². The number of hydrogen-bond donors (Lipinski definition) is 1. The van der Waals surface area contributed by atoms with E-state index in [1.54, 1.807) is 32.1 Å². The molecule has 0 saturated heterocycles. The van der Waals surface area contributed by atoms with E-state index in [9.17, 15) is 4.79 Å². The molecule has 2 aliphatic rings. The van der Waals surface area contributed by atoms with Crippen molar-refractivity contribution in [2.24, 2.45) is 0 Å². The molecule has 2 heterocycles. The largest absolute Gasteiger partial charge is 0.497 e. The molecule has 1 aliphatic carbocycles. The Bertz CT molecular complexity index is 1190. The molecular formula is C24H24N4O4. The van der Waals surface area contributed by atoms with Gasteiger partial charge < -0.3 is 19.5 Å². The molecule has 8 heteroatoms. The number of nitrogens with one attached hydrogen (secondary N) is 1. The molecule has 8 nitrogen and oxygen atoms in total. The Balaban J connectivity index is 1.64. The third-order valence-electron chi connectivity index (χ3n) is 5.91. The molecule has 5 rings (SSSR count). The molecule has 1 N–H and O–H groups in total. The number of ketones is 1. The van der Waals surface area contributed by atoms with E-state index in [4.69, 9.17) is 24.3 Å². The van der Waals surface area contributed by atoms with Crippen LogP contribution < -0.4 is 19.5 Å². The van der Waals surface area contributed by atoms with Crippen molar-refractivity contribution in [3.8, 4) is 28.6 Å². The highest BCUT2D eigenvalue weighted by Gasteiger charge is 2.37.